The van der Waals surface area contributed by atoms with Gasteiger partial charge in [0.1, 0.15) is 0 Å². The summed E-state index contributed by atoms with van der Waals surface area (Å²) in [5.74, 6) is 0. The molecule has 1 N–H and O–H groups in total. The monoisotopic (exact) mass is 248 g/mol. The molecule has 3 aromatic rings. The fourth-order valence-corrected chi connectivity index (χ4v) is 2.34. The lowest BCUT2D eigenvalue weighted by atomic mass is 9.97. The first-order valence-electron chi connectivity index (χ1n) is 6.03. The van der Waals surface area contributed by atoms with Crippen molar-refractivity contribution in [1.82, 2.24) is 0 Å². The highest BCUT2D eigenvalue weighted by atomic mass is 16.5. The van der Waals surface area contributed by atoms with Crippen molar-refractivity contribution in [3.8, 4) is 11.1 Å². The van der Waals surface area contributed by atoms with Crippen LogP contribution in [0.2, 0.25) is 0 Å². The molecule has 0 spiro atoms. The van der Waals surface area contributed by atoms with Gasteiger partial charge in [-0.2, -0.15) is 0 Å². The quantitative estimate of drug-likeness (QED) is 0.399. The molecule has 3 heteroatoms. The SMILES string of the molecule is N=[N+]([O-])c1ccccc1-c1cccc2ccccc12. The highest BCUT2D eigenvalue weighted by Gasteiger charge is 2.13. The molecular formula is C16H12N2O. The second-order valence-electron chi connectivity index (χ2n) is 4.34. The zero-order valence-corrected chi connectivity index (χ0v) is 10.2. The molecule has 0 unspecified atom stereocenters. The van der Waals surface area contributed by atoms with Gasteiger partial charge in [-0.1, -0.05) is 59.5 Å². The Balaban J connectivity index is 2.34. The van der Waals surface area contributed by atoms with E-state index in [1.807, 2.05) is 54.6 Å². The maximum absolute atomic E-state index is 11.4. The average molecular weight is 248 g/mol. The molecule has 0 fully saturated rings. The Morgan fingerprint density at radius 3 is 2.21 bits per heavy atom. The number of nitrogens with one attached hydrogen (secondary N) is 1. The lowest BCUT2D eigenvalue weighted by molar-refractivity contribution is -0.465. The van der Waals surface area contributed by atoms with Gasteiger partial charge in [0.05, 0.1) is 5.56 Å². The van der Waals surface area contributed by atoms with Crippen molar-refractivity contribution in [3.63, 3.8) is 0 Å². The Morgan fingerprint density at radius 1 is 0.737 bits per heavy atom. The maximum atomic E-state index is 11.4. The van der Waals surface area contributed by atoms with Crippen molar-refractivity contribution < 1.29 is 4.86 Å². The van der Waals surface area contributed by atoms with Gasteiger partial charge < -0.3 is 5.21 Å². The average Bonchev–Trinajstić information content (AvgIpc) is 2.46. The molecule has 0 bridgehead atoms. The van der Waals surface area contributed by atoms with Crippen molar-refractivity contribution in [1.29, 1.82) is 5.53 Å². The van der Waals surface area contributed by atoms with Gasteiger partial charge >= 0.3 is 0 Å². The third-order valence-electron chi connectivity index (χ3n) is 3.20. The second kappa shape index (κ2) is 4.53. The molecule has 0 atom stereocenters. The Kier molecular flexibility index (Phi) is 2.72. The van der Waals surface area contributed by atoms with Gasteiger partial charge in [0.2, 0.25) is 0 Å². The molecule has 92 valence electrons. The van der Waals surface area contributed by atoms with Gasteiger partial charge in [-0.3, -0.25) is 0 Å². The van der Waals surface area contributed by atoms with Crippen LogP contribution in [-0.2, 0) is 0 Å². The zero-order chi connectivity index (χ0) is 13.2. The summed E-state index contributed by atoms with van der Waals surface area (Å²) in [5.41, 5.74) is 9.41. The van der Waals surface area contributed by atoms with Gasteiger partial charge in [-0.05, 0) is 27.9 Å². The summed E-state index contributed by atoms with van der Waals surface area (Å²) >= 11 is 0. The Morgan fingerprint density at radius 2 is 1.37 bits per heavy atom. The van der Waals surface area contributed by atoms with E-state index < -0.39 is 0 Å². The maximum Gasteiger partial charge on any atom is 0.251 e. The molecule has 0 saturated heterocycles. The number of para-hydroxylation sites is 1. The summed E-state index contributed by atoms with van der Waals surface area (Å²) in [6.45, 7) is 0. The lowest BCUT2D eigenvalue weighted by Crippen LogP contribution is -1.91. The van der Waals surface area contributed by atoms with Crippen LogP contribution in [-0.4, -0.2) is 4.86 Å². The summed E-state index contributed by atoms with van der Waals surface area (Å²) < 4.78 is 0. The molecule has 0 heterocycles. The summed E-state index contributed by atoms with van der Waals surface area (Å²) in [6.07, 6.45) is 0. The Hall–Kier alpha value is -2.68. The topological polar surface area (TPSA) is 49.9 Å². The largest absolute Gasteiger partial charge is 0.594 e. The van der Waals surface area contributed by atoms with Crippen LogP contribution in [0.1, 0.15) is 0 Å². The van der Waals surface area contributed by atoms with E-state index in [2.05, 4.69) is 0 Å². The fraction of sp³-hybridized carbons (Fsp3) is 0. The Bertz CT molecular complexity index is 760. The Labute approximate surface area is 110 Å². The molecule has 0 amide bonds. The lowest BCUT2D eigenvalue weighted by Gasteiger charge is -2.08. The van der Waals surface area contributed by atoms with Gasteiger partial charge in [0.25, 0.3) is 5.69 Å². The molecule has 0 aromatic heterocycles. The molecule has 3 aromatic carbocycles. The normalized spacial score (nSPS) is 10.5. The molecule has 0 aliphatic rings. The van der Waals surface area contributed by atoms with Gasteiger partial charge in [-0.25, -0.2) is 0 Å². The number of rotatable bonds is 2. The summed E-state index contributed by atoms with van der Waals surface area (Å²) in [6, 6.07) is 21.2. The molecule has 3 rings (SSSR count). The third-order valence-corrected chi connectivity index (χ3v) is 3.20. The minimum atomic E-state index is 0.164. The summed E-state index contributed by atoms with van der Waals surface area (Å²) in [5, 5.41) is 13.6. The number of benzene rings is 3. The van der Waals surface area contributed by atoms with Crippen molar-refractivity contribution >= 4 is 16.5 Å². The van der Waals surface area contributed by atoms with E-state index >= 15 is 0 Å². The van der Waals surface area contributed by atoms with E-state index in [1.165, 1.54) is 0 Å². The predicted octanol–water partition coefficient (Wildman–Crippen LogP) is 4.68. The van der Waals surface area contributed by atoms with Gasteiger partial charge in [0.15, 0.2) is 0 Å². The smallest absolute Gasteiger partial charge is 0.251 e. The molecule has 0 radical (unpaired) electrons. The number of fused-ring (bicyclic) bond motifs is 1. The van der Waals surface area contributed by atoms with Crippen LogP contribution < -0.4 is 0 Å². The molecule has 0 saturated carbocycles. The fourth-order valence-electron chi connectivity index (χ4n) is 2.34. The number of hydrogen-bond acceptors (Lipinski definition) is 2. The van der Waals surface area contributed by atoms with Gasteiger partial charge in [-0.15, -0.1) is 0 Å². The van der Waals surface area contributed by atoms with Crippen LogP contribution >= 0.6 is 0 Å². The molecular weight excluding hydrogens is 236 g/mol. The van der Waals surface area contributed by atoms with E-state index in [0.29, 0.717) is 5.69 Å². The van der Waals surface area contributed by atoms with Crippen molar-refractivity contribution in [2.24, 2.45) is 0 Å². The van der Waals surface area contributed by atoms with Gasteiger partial charge in [0, 0.05) is 6.07 Å². The van der Waals surface area contributed by atoms with Crippen LogP contribution in [0, 0.1) is 10.7 Å². The van der Waals surface area contributed by atoms with Crippen LogP contribution in [0.5, 0.6) is 0 Å². The van der Waals surface area contributed by atoms with E-state index in [0.717, 1.165) is 21.9 Å². The minimum Gasteiger partial charge on any atom is -0.594 e. The molecule has 19 heavy (non-hydrogen) atoms. The first kappa shape index (κ1) is 11.4. The van der Waals surface area contributed by atoms with Crippen LogP contribution in [0.15, 0.2) is 66.7 Å². The molecule has 0 aliphatic heterocycles. The second-order valence-corrected chi connectivity index (χ2v) is 4.34. The van der Waals surface area contributed by atoms with Crippen LogP contribution in [0.3, 0.4) is 0 Å². The highest BCUT2D eigenvalue weighted by molar-refractivity contribution is 5.98. The number of hydrogen-bond donors (Lipinski definition) is 1. The first-order valence-corrected chi connectivity index (χ1v) is 6.03. The zero-order valence-electron chi connectivity index (χ0n) is 10.2. The van der Waals surface area contributed by atoms with Crippen molar-refractivity contribution in [3.05, 3.63) is 71.9 Å². The summed E-state index contributed by atoms with van der Waals surface area (Å²) in [7, 11) is 0. The third kappa shape index (κ3) is 1.95. The van der Waals surface area contributed by atoms with Crippen molar-refractivity contribution in [2.45, 2.75) is 0 Å². The summed E-state index contributed by atoms with van der Waals surface area (Å²) in [4.78, 5) is 0.164. The standard InChI is InChI=1S/C16H12N2O/c17-18(19)16-11-4-3-9-15(16)14-10-5-7-12-6-1-2-8-13(12)14/h1-11,17H. The minimum absolute atomic E-state index is 0.164. The van der Waals surface area contributed by atoms with Crippen molar-refractivity contribution in [2.75, 3.05) is 0 Å². The molecule has 3 nitrogen and oxygen atoms in total. The highest BCUT2D eigenvalue weighted by Crippen LogP contribution is 2.34. The molecule has 0 aliphatic carbocycles. The van der Waals surface area contributed by atoms with Crippen LogP contribution in [0.4, 0.5) is 5.69 Å². The number of nitrogens with zero attached hydrogens (tertiary/aromatic N) is 1. The van der Waals surface area contributed by atoms with E-state index in [1.54, 1.807) is 12.1 Å². The first-order chi connectivity index (χ1) is 9.27. The van der Waals surface area contributed by atoms with Crippen LogP contribution in [0.25, 0.3) is 21.9 Å². The van der Waals surface area contributed by atoms with E-state index in [4.69, 9.17) is 5.53 Å². The predicted molar refractivity (Wildman–Crippen MR) is 75.4 cm³/mol. The van der Waals surface area contributed by atoms with E-state index in [-0.39, 0.29) is 4.86 Å². The van der Waals surface area contributed by atoms with E-state index in [9.17, 15) is 5.21 Å².